The smallest absolute Gasteiger partial charge is 0.155 e. The largest absolute Gasteiger partial charge is 0.383 e. The molecule has 4 rings (SSSR count). The molecule has 152 valence electrons. The Bertz CT molecular complexity index is 1020. The predicted molar refractivity (Wildman–Crippen MR) is 112 cm³/mol. The van der Waals surface area contributed by atoms with E-state index in [2.05, 4.69) is 15.0 Å². The van der Waals surface area contributed by atoms with Crippen LogP contribution in [0.5, 0.6) is 0 Å². The molecule has 1 aromatic heterocycles. The van der Waals surface area contributed by atoms with Crippen LogP contribution in [0.15, 0.2) is 35.6 Å². The highest BCUT2D eigenvalue weighted by atomic mass is 35.5. The number of aliphatic imine (C=N–C) groups is 1. The van der Waals surface area contributed by atoms with Gasteiger partial charge in [0, 0.05) is 18.6 Å². The van der Waals surface area contributed by atoms with Crippen molar-refractivity contribution >= 4 is 40.4 Å². The normalized spacial score (nSPS) is 28.7. The Labute approximate surface area is 176 Å². The number of fused-ring (bicyclic) bond motifs is 1. The molecular formula is C20H19ClF2N4OS. The van der Waals surface area contributed by atoms with Gasteiger partial charge in [-0.05, 0) is 37.1 Å². The van der Waals surface area contributed by atoms with E-state index in [1.54, 1.807) is 13.2 Å². The maximum atomic E-state index is 14.8. The molecule has 0 bridgehead atoms. The van der Waals surface area contributed by atoms with E-state index in [4.69, 9.17) is 22.1 Å². The van der Waals surface area contributed by atoms with Gasteiger partial charge in [0.05, 0.1) is 29.3 Å². The molecule has 0 radical (unpaired) electrons. The Morgan fingerprint density at radius 1 is 1.41 bits per heavy atom. The van der Waals surface area contributed by atoms with Gasteiger partial charge in [0.15, 0.2) is 11.0 Å². The molecule has 1 aliphatic carbocycles. The lowest BCUT2D eigenvalue weighted by Crippen LogP contribution is -2.37. The fourth-order valence-corrected chi connectivity index (χ4v) is 5.55. The van der Waals surface area contributed by atoms with Crippen LogP contribution < -0.4 is 5.73 Å². The summed E-state index contributed by atoms with van der Waals surface area (Å²) in [6.45, 7) is 2.38. The molecule has 9 heteroatoms. The van der Waals surface area contributed by atoms with E-state index >= 15 is 0 Å². The van der Waals surface area contributed by atoms with E-state index in [0.29, 0.717) is 22.9 Å². The van der Waals surface area contributed by atoms with E-state index in [0.717, 1.165) is 6.42 Å². The minimum Gasteiger partial charge on any atom is -0.383 e. The van der Waals surface area contributed by atoms with Gasteiger partial charge in [0.2, 0.25) is 0 Å². The van der Waals surface area contributed by atoms with Crippen molar-refractivity contribution in [2.45, 2.75) is 23.6 Å². The number of benzene rings is 1. The molecule has 1 saturated carbocycles. The molecule has 5 nitrogen and oxygen atoms in total. The zero-order valence-corrected chi connectivity index (χ0v) is 17.4. The molecule has 1 aliphatic heterocycles. The van der Waals surface area contributed by atoms with Crippen LogP contribution in [0, 0.1) is 11.7 Å². The van der Waals surface area contributed by atoms with Gasteiger partial charge in [0.1, 0.15) is 16.7 Å². The van der Waals surface area contributed by atoms with Gasteiger partial charge in [-0.25, -0.2) is 18.7 Å². The third-order valence-electron chi connectivity index (χ3n) is 5.44. The van der Waals surface area contributed by atoms with Crippen molar-refractivity contribution < 1.29 is 13.5 Å². The second-order valence-electron chi connectivity index (χ2n) is 7.41. The van der Waals surface area contributed by atoms with Crippen molar-refractivity contribution in [3.8, 4) is 0 Å². The molecule has 0 amide bonds. The van der Waals surface area contributed by atoms with Gasteiger partial charge in [-0.15, -0.1) is 0 Å². The lowest BCUT2D eigenvalue weighted by molar-refractivity contribution is 0.184. The summed E-state index contributed by atoms with van der Waals surface area (Å²) >= 11 is 7.17. The first-order chi connectivity index (χ1) is 13.8. The van der Waals surface area contributed by atoms with Crippen molar-refractivity contribution in [1.82, 2.24) is 9.97 Å². The molecule has 1 unspecified atom stereocenters. The first-order valence-electron chi connectivity index (χ1n) is 8.96. The molecule has 2 aliphatic rings. The number of aromatic nitrogens is 2. The number of amidine groups is 1. The number of halogens is 3. The predicted octanol–water partition coefficient (Wildman–Crippen LogP) is 4.42. The highest BCUT2D eigenvalue weighted by Crippen LogP contribution is 2.65. The summed E-state index contributed by atoms with van der Waals surface area (Å²) in [7, 11) is 1.64. The van der Waals surface area contributed by atoms with Crippen molar-refractivity contribution in [3.63, 3.8) is 0 Å². The summed E-state index contributed by atoms with van der Waals surface area (Å²) in [6, 6.07) is 4.44. The van der Waals surface area contributed by atoms with Crippen LogP contribution >= 0.6 is 23.4 Å². The Hall–Kier alpha value is -2.03. The number of ether oxygens (including phenoxy) is 1. The molecule has 29 heavy (non-hydrogen) atoms. The number of nitrogens with two attached hydrogens (primary N) is 1. The standard InChI is InChI=1S/C20H19ClF2N4OS/c1-19(16-7-20(16,10-28-2)29-18(24)27-19)12-5-11(3-4-13(12)22)6-14(23)15-8-26-17(21)9-25-15/h3-6,8-9,16H,7,10H2,1-2H3,(H2,24,27)/b14-6-/t16?,19-,20-/m1/s1. The molecule has 1 aromatic carbocycles. The van der Waals surface area contributed by atoms with E-state index < -0.39 is 17.2 Å². The Morgan fingerprint density at radius 2 is 2.21 bits per heavy atom. The van der Waals surface area contributed by atoms with Crippen LogP contribution in [0.2, 0.25) is 5.15 Å². The summed E-state index contributed by atoms with van der Waals surface area (Å²) in [5.74, 6) is -0.926. The fraction of sp³-hybridized carbons (Fsp3) is 0.350. The number of hydrogen-bond donors (Lipinski definition) is 1. The van der Waals surface area contributed by atoms with E-state index in [9.17, 15) is 8.78 Å². The highest BCUT2D eigenvalue weighted by Gasteiger charge is 2.66. The number of hydrogen-bond acceptors (Lipinski definition) is 6. The molecule has 3 atom stereocenters. The van der Waals surface area contributed by atoms with Crippen molar-refractivity contribution in [3.05, 3.63) is 58.4 Å². The monoisotopic (exact) mass is 436 g/mol. The van der Waals surface area contributed by atoms with Crippen LogP contribution in [0.1, 0.15) is 30.2 Å². The van der Waals surface area contributed by atoms with Gasteiger partial charge in [-0.3, -0.25) is 4.99 Å². The molecule has 1 fully saturated rings. The molecular weight excluding hydrogens is 418 g/mol. The lowest BCUT2D eigenvalue weighted by Gasteiger charge is -2.34. The quantitative estimate of drug-likeness (QED) is 0.751. The summed E-state index contributed by atoms with van der Waals surface area (Å²) in [4.78, 5) is 12.3. The van der Waals surface area contributed by atoms with E-state index in [1.807, 2.05) is 6.92 Å². The van der Waals surface area contributed by atoms with Gasteiger partial charge < -0.3 is 10.5 Å². The first kappa shape index (κ1) is 20.3. The maximum absolute atomic E-state index is 14.8. The number of rotatable bonds is 5. The first-order valence-corrected chi connectivity index (χ1v) is 10.2. The SMILES string of the molecule is COC[C@]12CC1[C@@](C)(c1cc(/C=C(\F)c3cnc(Cl)cn3)ccc1F)N=C(N)S2. The summed E-state index contributed by atoms with van der Waals surface area (Å²) in [5, 5.41) is 0.578. The van der Waals surface area contributed by atoms with Crippen LogP contribution in [0.4, 0.5) is 8.78 Å². The second kappa shape index (κ2) is 7.34. The average molecular weight is 437 g/mol. The number of nitrogens with zero attached hydrogens (tertiary/aromatic N) is 3. The zero-order chi connectivity index (χ0) is 20.8. The van der Waals surface area contributed by atoms with Crippen LogP contribution in [-0.4, -0.2) is 33.6 Å². The molecule has 2 N–H and O–H groups in total. The van der Waals surface area contributed by atoms with Gasteiger partial charge >= 0.3 is 0 Å². The van der Waals surface area contributed by atoms with E-state index in [-0.39, 0.29) is 21.5 Å². The average Bonchev–Trinajstić information content (AvgIpc) is 3.38. The van der Waals surface area contributed by atoms with Crippen LogP contribution in [-0.2, 0) is 10.3 Å². The molecule has 2 aromatic rings. The zero-order valence-electron chi connectivity index (χ0n) is 15.8. The third kappa shape index (κ3) is 3.65. The fourth-order valence-electron chi connectivity index (χ4n) is 4.01. The minimum atomic E-state index is -0.849. The Morgan fingerprint density at radius 3 is 2.90 bits per heavy atom. The van der Waals surface area contributed by atoms with Gasteiger partial charge in [-0.1, -0.05) is 29.4 Å². The lowest BCUT2D eigenvalue weighted by atomic mass is 9.85. The summed E-state index contributed by atoms with van der Waals surface area (Å²) in [6.07, 6.45) is 4.61. The molecule has 0 spiro atoms. The van der Waals surface area contributed by atoms with Crippen LogP contribution in [0.3, 0.4) is 0 Å². The van der Waals surface area contributed by atoms with Gasteiger partial charge in [-0.2, -0.15) is 0 Å². The summed E-state index contributed by atoms with van der Waals surface area (Å²) in [5.41, 5.74) is 6.14. The summed E-state index contributed by atoms with van der Waals surface area (Å²) < 4.78 is 34.6. The topological polar surface area (TPSA) is 73.4 Å². The van der Waals surface area contributed by atoms with E-state index in [1.165, 1.54) is 42.4 Å². The Balaban J connectivity index is 1.71. The molecule has 0 saturated heterocycles. The third-order valence-corrected chi connectivity index (χ3v) is 6.91. The minimum absolute atomic E-state index is 0.0455. The van der Waals surface area contributed by atoms with Crippen molar-refractivity contribution in [2.75, 3.05) is 13.7 Å². The van der Waals surface area contributed by atoms with Gasteiger partial charge in [0.25, 0.3) is 0 Å². The van der Waals surface area contributed by atoms with Crippen molar-refractivity contribution in [1.29, 1.82) is 0 Å². The Kier molecular flexibility index (Phi) is 5.13. The molecule has 2 heterocycles. The van der Waals surface area contributed by atoms with Crippen LogP contribution in [0.25, 0.3) is 11.9 Å². The number of thioether (sulfide) groups is 1. The second-order valence-corrected chi connectivity index (χ2v) is 9.23. The maximum Gasteiger partial charge on any atom is 0.155 e. The van der Waals surface area contributed by atoms with Crippen molar-refractivity contribution in [2.24, 2.45) is 16.6 Å². The highest BCUT2D eigenvalue weighted by molar-refractivity contribution is 8.15. The number of methoxy groups -OCH3 is 1.